The van der Waals surface area contributed by atoms with Crippen LogP contribution in [0.25, 0.3) is 0 Å². The molecule has 108 valence electrons. The summed E-state index contributed by atoms with van der Waals surface area (Å²) in [5, 5.41) is 2.76. The minimum Gasteiger partial charge on any atom is -0.369 e. The number of nitrogens with zero attached hydrogens (tertiary/aromatic N) is 1. The topological polar surface area (TPSA) is 50.9 Å². The van der Waals surface area contributed by atoms with E-state index in [2.05, 4.69) is 26.2 Å². The Morgan fingerprint density at radius 2 is 2.00 bits per heavy atom. The van der Waals surface area contributed by atoms with E-state index in [1.54, 1.807) is 0 Å². The number of halogens is 4. The minimum absolute atomic E-state index is 0.152. The van der Waals surface area contributed by atoms with E-state index in [1.165, 1.54) is 6.20 Å². The van der Waals surface area contributed by atoms with E-state index in [9.17, 15) is 13.2 Å². The van der Waals surface area contributed by atoms with Crippen LogP contribution in [0, 0.1) is 5.41 Å². The molecule has 0 aliphatic carbocycles. The molecule has 0 saturated heterocycles. The van der Waals surface area contributed by atoms with E-state index in [-0.39, 0.29) is 11.2 Å². The summed E-state index contributed by atoms with van der Waals surface area (Å²) in [5.41, 5.74) is 4.51. The lowest BCUT2D eigenvalue weighted by Crippen LogP contribution is -2.27. The Bertz CT molecular complexity index is 433. The third-order valence-electron chi connectivity index (χ3n) is 2.72. The predicted molar refractivity (Wildman–Crippen MR) is 72.9 cm³/mol. The maximum atomic E-state index is 12.9. The van der Waals surface area contributed by atoms with Crippen molar-refractivity contribution in [2.24, 2.45) is 11.1 Å². The molecule has 19 heavy (non-hydrogen) atoms. The first-order chi connectivity index (χ1) is 8.65. The quantitative estimate of drug-likeness (QED) is 0.860. The van der Waals surface area contributed by atoms with Crippen molar-refractivity contribution in [3.63, 3.8) is 0 Å². The molecule has 7 heteroatoms. The summed E-state index contributed by atoms with van der Waals surface area (Å²) in [7, 11) is 0. The zero-order chi connectivity index (χ0) is 14.7. The molecule has 0 saturated carbocycles. The van der Waals surface area contributed by atoms with Crippen molar-refractivity contribution >= 4 is 21.7 Å². The number of pyridine rings is 1. The van der Waals surface area contributed by atoms with Gasteiger partial charge in [0.15, 0.2) is 0 Å². The van der Waals surface area contributed by atoms with Crippen LogP contribution >= 0.6 is 15.9 Å². The molecule has 0 spiro atoms. The smallest absolute Gasteiger partial charge is 0.369 e. The maximum absolute atomic E-state index is 12.9. The summed E-state index contributed by atoms with van der Waals surface area (Å²) in [5.74, 6) is -0.152. The summed E-state index contributed by atoms with van der Waals surface area (Å²) in [4.78, 5) is 3.80. The van der Waals surface area contributed by atoms with Crippen LogP contribution in [0.1, 0.15) is 25.8 Å². The zero-order valence-electron chi connectivity index (χ0n) is 10.8. The first-order valence-corrected chi connectivity index (χ1v) is 6.62. The van der Waals surface area contributed by atoms with Crippen molar-refractivity contribution < 1.29 is 13.2 Å². The first-order valence-electron chi connectivity index (χ1n) is 5.82. The average Bonchev–Trinajstić information content (AvgIpc) is 2.26. The van der Waals surface area contributed by atoms with Gasteiger partial charge < -0.3 is 11.1 Å². The normalized spacial score (nSPS) is 12.6. The van der Waals surface area contributed by atoms with Crippen molar-refractivity contribution in [1.29, 1.82) is 0 Å². The Labute approximate surface area is 118 Å². The van der Waals surface area contributed by atoms with Crippen LogP contribution in [-0.4, -0.2) is 18.1 Å². The van der Waals surface area contributed by atoms with E-state index < -0.39 is 11.7 Å². The lowest BCUT2D eigenvalue weighted by molar-refractivity contribution is -0.137. The summed E-state index contributed by atoms with van der Waals surface area (Å²) < 4.78 is 38.9. The highest BCUT2D eigenvalue weighted by Gasteiger charge is 2.35. The highest BCUT2D eigenvalue weighted by molar-refractivity contribution is 9.10. The fraction of sp³-hybridized carbons (Fsp3) is 0.583. The van der Waals surface area contributed by atoms with Crippen molar-refractivity contribution in [2.75, 3.05) is 18.4 Å². The van der Waals surface area contributed by atoms with Gasteiger partial charge in [-0.05, 0) is 40.4 Å². The van der Waals surface area contributed by atoms with Crippen LogP contribution in [0.2, 0.25) is 0 Å². The lowest BCUT2D eigenvalue weighted by atomic mass is 9.89. The number of rotatable bonds is 5. The number of nitrogens with two attached hydrogens (primary N) is 1. The van der Waals surface area contributed by atoms with Crippen molar-refractivity contribution in [3.05, 3.63) is 22.3 Å². The Hall–Kier alpha value is -0.820. The van der Waals surface area contributed by atoms with Gasteiger partial charge in [-0.15, -0.1) is 0 Å². The van der Waals surface area contributed by atoms with Crippen molar-refractivity contribution in [3.8, 4) is 0 Å². The molecular formula is C12H17BrF3N3. The van der Waals surface area contributed by atoms with E-state index in [1.807, 2.05) is 13.8 Å². The summed E-state index contributed by atoms with van der Waals surface area (Å²) in [6.45, 7) is 4.76. The fourth-order valence-electron chi connectivity index (χ4n) is 1.60. The molecule has 0 atom stereocenters. The Balaban J connectivity index is 2.90. The molecule has 0 unspecified atom stereocenters. The van der Waals surface area contributed by atoms with Gasteiger partial charge in [-0.1, -0.05) is 13.8 Å². The molecule has 0 aromatic carbocycles. The van der Waals surface area contributed by atoms with Crippen LogP contribution in [0.5, 0.6) is 0 Å². The minimum atomic E-state index is -4.43. The van der Waals surface area contributed by atoms with Gasteiger partial charge in [-0.3, -0.25) is 0 Å². The van der Waals surface area contributed by atoms with E-state index >= 15 is 0 Å². The summed E-state index contributed by atoms with van der Waals surface area (Å²) >= 11 is 3.00. The number of hydrogen-bond donors (Lipinski definition) is 2. The average molecular weight is 340 g/mol. The highest BCUT2D eigenvalue weighted by atomic mass is 79.9. The first kappa shape index (κ1) is 16.2. The van der Waals surface area contributed by atoms with Gasteiger partial charge in [-0.2, -0.15) is 13.2 Å². The second-order valence-corrected chi connectivity index (χ2v) is 6.02. The van der Waals surface area contributed by atoms with Crippen molar-refractivity contribution in [2.45, 2.75) is 26.4 Å². The van der Waals surface area contributed by atoms with Gasteiger partial charge in [0.05, 0.1) is 5.56 Å². The van der Waals surface area contributed by atoms with E-state index in [0.29, 0.717) is 17.6 Å². The highest BCUT2D eigenvalue weighted by Crippen LogP contribution is 2.35. The number of aromatic nitrogens is 1. The second-order valence-electron chi connectivity index (χ2n) is 5.10. The van der Waals surface area contributed by atoms with E-state index in [4.69, 9.17) is 5.73 Å². The molecule has 0 aliphatic rings. The fourth-order valence-corrected chi connectivity index (χ4v) is 1.93. The van der Waals surface area contributed by atoms with Crippen molar-refractivity contribution in [1.82, 2.24) is 4.98 Å². The third kappa shape index (κ3) is 4.99. The van der Waals surface area contributed by atoms with Gasteiger partial charge >= 0.3 is 6.18 Å². The van der Waals surface area contributed by atoms with Gasteiger partial charge in [-0.25, -0.2) is 4.98 Å². The molecule has 0 aliphatic heterocycles. The molecule has 0 fully saturated rings. The number of alkyl halides is 3. The second kappa shape index (κ2) is 6.09. The van der Waals surface area contributed by atoms with Crippen LogP contribution in [-0.2, 0) is 6.18 Å². The molecule has 0 radical (unpaired) electrons. The number of nitrogens with one attached hydrogen (secondary N) is 1. The molecule has 3 nitrogen and oxygen atoms in total. The molecule has 1 aromatic rings. The standard InChI is InChI=1S/C12H17BrF3N3/c1-11(2,3-4-17)7-19-10-9(12(14,15)16)5-8(13)6-18-10/h5-6H,3-4,7,17H2,1-2H3,(H,18,19). The Kier molecular flexibility index (Phi) is 5.20. The molecule has 3 N–H and O–H groups in total. The number of anilines is 1. The van der Waals surface area contributed by atoms with Gasteiger partial charge in [0, 0.05) is 17.2 Å². The predicted octanol–water partition coefficient (Wildman–Crippen LogP) is 3.65. The van der Waals surface area contributed by atoms with Crippen LogP contribution < -0.4 is 11.1 Å². The zero-order valence-corrected chi connectivity index (χ0v) is 12.4. The number of hydrogen-bond acceptors (Lipinski definition) is 3. The molecule has 1 aromatic heterocycles. The largest absolute Gasteiger partial charge is 0.419 e. The summed E-state index contributed by atoms with van der Waals surface area (Å²) in [6.07, 6.45) is -2.37. The van der Waals surface area contributed by atoms with Crippen LogP contribution in [0.3, 0.4) is 0 Å². The third-order valence-corrected chi connectivity index (χ3v) is 3.15. The summed E-state index contributed by atoms with van der Waals surface area (Å²) in [6, 6.07) is 1.02. The monoisotopic (exact) mass is 339 g/mol. The van der Waals surface area contributed by atoms with Gasteiger partial charge in [0.25, 0.3) is 0 Å². The van der Waals surface area contributed by atoms with Gasteiger partial charge in [0.2, 0.25) is 0 Å². The van der Waals surface area contributed by atoms with E-state index in [0.717, 1.165) is 12.5 Å². The van der Waals surface area contributed by atoms with Gasteiger partial charge in [0.1, 0.15) is 5.82 Å². The molecule has 0 bridgehead atoms. The lowest BCUT2D eigenvalue weighted by Gasteiger charge is -2.25. The SMILES string of the molecule is CC(C)(CCN)CNc1ncc(Br)cc1C(F)(F)F. The van der Waals surface area contributed by atoms with Crippen LogP contribution in [0.4, 0.5) is 19.0 Å². The Morgan fingerprint density at radius 1 is 1.37 bits per heavy atom. The Morgan fingerprint density at radius 3 is 2.53 bits per heavy atom. The molecule has 1 heterocycles. The molecule has 1 rings (SSSR count). The maximum Gasteiger partial charge on any atom is 0.419 e. The van der Waals surface area contributed by atoms with Crippen LogP contribution in [0.15, 0.2) is 16.7 Å². The molecular weight excluding hydrogens is 323 g/mol. The molecule has 0 amide bonds.